The average Bonchev–Trinajstić information content (AvgIpc) is 3.29. The van der Waals surface area contributed by atoms with Gasteiger partial charge in [0.25, 0.3) is 0 Å². The van der Waals surface area contributed by atoms with E-state index in [1.807, 2.05) is 0 Å². The van der Waals surface area contributed by atoms with Gasteiger partial charge in [-0.3, -0.25) is 0 Å². The normalized spacial score (nSPS) is 19.5. The number of rotatable bonds is 6. The molecule has 2 atom stereocenters. The fraction of sp³-hybridized carbons (Fsp3) is 0.407. The van der Waals surface area contributed by atoms with Crippen LogP contribution in [0.15, 0.2) is 47.5 Å². The Kier molecular flexibility index (Phi) is 6.61. The van der Waals surface area contributed by atoms with E-state index in [1.165, 1.54) is 36.4 Å². The van der Waals surface area contributed by atoms with Crippen LogP contribution in [-0.2, 0) is 20.1 Å². The van der Waals surface area contributed by atoms with Crippen LogP contribution in [0.5, 0.6) is 0 Å². The molecule has 0 nitrogen and oxygen atoms in total. The quantitative estimate of drug-likeness (QED) is 0.319. The van der Waals surface area contributed by atoms with Crippen molar-refractivity contribution in [2.45, 2.75) is 67.3 Å². The third-order valence-corrected chi connectivity index (χ3v) is 31.6. The summed E-state index contributed by atoms with van der Waals surface area (Å²) in [6.45, 7) is 11.8. The van der Waals surface area contributed by atoms with Gasteiger partial charge >= 0.3 is 187 Å². The average molecular weight is 565 g/mol. The van der Waals surface area contributed by atoms with Gasteiger partial charge in [-0.1, -0.05) is 0 Å². The standard InChI is InChI=1S/2C12H13.C3H8Si.Hf/c2*1-3-10-7-11-6-4-5-9(2)12(11)8-10;1-2-3-4;/h2*4-8H,3H2,1-2H3;4H,2-3H2,1H3;. The van der Waals surface area contributed by atoms with E-state index in [2.05, 4.69) is 83.2 Å². The minimum absolute atomic E-state index is 0.615. The molecular weight excluding hydrogens is 531 g/mol. The van der Waals surface area contributed by atoms with E-state index >= 15 is 0 Å². The van der Waals surface area contributed by atoms with E-state index < -0.39 is 20.1 Å². The van der Waals surface area contributed by atoms with Crippen LogP contribution in [0.1, 0.15) is 80.8 Å². The summed E-state index contributed by atoms with van der Waals surface area (Å²) in [4.78, 5) is 0. The van der Waals surface area contributed by atoms with Crippen molar-refractivity contribution in [1.82, 2.24) is 0 Å². The molecule has 0 saturated heterocycles. The Labute approximate surface area is 185 Å². The van der Waals surface area contributed by atoms with Crippen molar-refractivity contribution in [3.05, 3.63) is 80.9 Å². The second kappa shape index (κ2) is 9.02. The van der Waals surface area contributed by atoms with E-state index in [0.717, 1.165) is 7.35 Å². The third-order valence-electron chi connectivity index (χ3n) is 6.89. The third kappa shape index (κ3) is 3.76. The zero-order valence-corrected chi connectivity index (χ0v) is 23.4. The van der Waals surface area contributed by atoms with Crippen molar-refractivity contribution >= 4 is 18.4 Å². The van der Waals surface area contributed by atoms with Crippen LogP contribution in [-0.4, -0.2) is 6.22 Å². The predicted octanol–water partition coefficient (Wildman–Crippen LogP) is 7.50. The topological polar surface area (TPSA) is 0 Å². The Bertz CT molecular complexity index is 947. The molecule has 0 fully saturated rings. The van der Waals surface area contributed by atoms with E-state index in [-0.39, 0.29) is 0 Å². The molecule has 2 aromatic carbocycles. The van der Waals surface area contributed by atoms with Crippen LogP contribution >= 0.6 is 0 Å². The van der Waals surface area contributed by atoms with Gasteiger partial charge in [-0.15, -0.1) is 0 Å². The number of hydrogen-bond acceptors (Lipinski definition) is 0. The van der Waals surface area contributed by atoms with Crippen molar-refractivity contribution in [3.8, 4) is 0 Å². The molecule has 0 aromatic heterocycles. The maximum atomic E-state index is 2.59. The van der Waals surface area contributed by atoms with E-state index in [1.54, 1.807) is 33.4 Å². The number of fused-ring (bicyclic) bond motifs is 2. The number of allylic oxidation sites excluding steroid dienone is 2. The molecule has 2 aromatic rings. The van der Waals surface area contributed by atoms with Gasteiger partial charge in [0, 0.05) is 0 Å². The summed E-state index contributed by atoms with van der Waals surface area (Å²) in [6, 6.07) is 15.7. The van der Waals surface area contributed by atoms with Crippen LogP contribution in [0.4, 0.5) is 0 Å². The second-order valence-corrected chi connectivity index (χ2v) is 27.2. The van der Waals surface area contributed by atoms with Gasteiger partial charge in [0.05, 0.1) is 0 Å². The zero-order valence-electron chi connectivity index (χ0n) is 18.7. The molecule has 0 saturated carbocycles. The van der Waals surface area contributed by atoms with Crippen LogP contribution in [0.25, 0.3) is 12.2 Å². The van der Waals surface area contributed by atoms with Gasteiger partial charge in [-0.2, -0.15) is 0 Å². The monoisotopic (exact) mass is 566 g/mol. The molecular formula is C27H34HfSi. The van der Waals surface area contributed by atoms with E-state index in [0.29, 0.717) is 6.22 Å². The first-order valence-corrected chi connectivity index (χ1v) is 23.2. The molecule has 0 heterocycles. The van der Waals surface area contributed by atoms with Gasteiger partial charge in [0.1, 0.15) is 0 Å². The Morgan fingerprint density at radius 1 is 0.759 bits per heavy atom. The summed E-state index contributed by atoms with van der Waals surface area (Å²) >= 11 is -2.04. The molecule has 2 aliphatic rings. The first-order chi connectivity index (χ1) is 14.1. The molecule has 4 rings (SSSR count). The van der Waals surface area contributed by atoms with Crippen LogP contribution < -0.4 is 0 Å². The molecule has 0 aliphatic heterocycles. The molecule has 0 spiro atoms. The van der Waals surface area contributed by atoms with Crippen molar-refractivity contribution in [2.24, 2.45) is 0 Å². The summed E-state index contributed by atoms with van der Waals surface area (Å²) in [7, 11) is 0. The molecule has 150 valence electrons. The van der Waals surface area contributed by atoms with Gasteiger partial charge < -0.3 is 0 Å². The Morgan fingerprint density at radius 2 is 1.24 bits per heavy atom. The van der Waals surface area contributed by atoms with Crippen molar-refractivity contribution < 1.29 is 20.1 Å². The Balaban J connectivity index is 1.90. The van der Waals surface area contributed by atoms with Gasteiger partial charge in [-0.05, 0) is 0 Å². The first-order valence-electron chi connectivity index (χ1n) is 11.4. The molecule has 0 N–H and O–H groups in total. The summed E-state index contributed by atoms with van der Waals surface area (Å²) in [5.41, 5.74) is 13.0. The van der Waals surface area contributed by atoms with Crippen molar-refractivity contribution in [1.29, 1.82) is 0 Å². The number of hydrogen-bond donors (Lipinski definition) is 0. The summed E-state index contributed by atoms with van der Waals surface area (Å²) in [5.74, 6) is 0. The predicted molar refractivity (Wildman–Crippen MR) is 127 cm³/mol. The Morgan fingerprint density at radius 3 is 1.66 bits per heavy atom. The second-order valence-electron chi connectivity index (χ2n) is 8.66. The van der Waals surface area contributed by atoms with Crippen LogP contribution in [0, 0.1) is 13.8 Å². The molecule has 0 amide bonds. The van der Waals surface area contributed by atoms with Gasteiger partial charge in [-0.25, -0.2) is 0 Å². The molecule has 2 aliphatic carbocycles. The van der Waals surface area contributed by atoms with Crippen LogP contribution in [0.2, 0.25) is 6.04 Å². The molecule has 2 unspecified atom stereocenters. The SMILES string of the molecule is CCC[SiH]=[Hf]([CH]1C(CC)=Cc2c(C)cccc21)[CH]1C(CC)=Cc2c(C)cccc21. The maximum absolute atomic E-state index is 2.59. The molecule has 29 heavy (non-hydrogen) atoms. The summed E-state index contributed by atoms with van der Waals surface area (Å²) in [5, 5.41) is 0. The van der Waals surface area contributed by atoms with E-state index in [4.69, 9.17) is 0 Å². The molecule has 0 radical (unpaired) electrons. The number of aryl methyl sites for hydroxylation is 2. The van der Waals surface area contributed by atoms with Gasteiger partial charge in [0.15, 0.2) is 0 Å². The fourth-order valence-electron chi connectivity index (χ4n) is 5.35. The summed E-state index contributed by atoms with van der Waals surface area (Å²) in [6.07, 6.45) is 9.60. The molecule has 2 heteroatoms. The molecule has 0 bridgehead atoms. The number of benzene rings is 2. The van der Waals surface area contributed by atoms with Gasteiger partial charge in [0.2, 0.25) is 0 Å². The van der Waals surface area contributed by atoms with Crippen LogP contribution in [0.3, 0.4) is 0 Å². The summed E-state index contributed by atoms with van der Waals surface area (Å²) < 4.78 is 1.63. The van der Waals surface area contributed by atoms with Crippen molar-refractivity contribution in [3.63, 3.8) is 0 Å². The minimum atomic E-state index is -2.04. The fourth-order valence-corrected chi connectivity index (χ4v) is 35.4. The van der Waals surface area contributed by atoms with E-state index in [9.17, 15) is 0 Å². The first kappa shape index (κ1) is 21.2. The zero-order chi connectivity index (χ0) is 20.5. The Hall–Kier alpha value is -0.993. The van der Waals surface area contributed by atoms with Crippen molar-refractivity contribution in [2.75, 3.05) is 0 Å².